The molecule has 2 aromatic heterocycles. The molecule has 7 rings (SSSR count). The molecule has 1 aromatic carbocycles. The second-order valence-electron chi connectivity index (χ2n) is 9.50. The number of aromatic nitrogens is 3. The largest absolute Gasteiger partial charge is 0.433 e. The van der Waals surface area contributed by atoms with Gasteiger partial charge >= 0.3 is 6.18 Å². The van der Waals surface area contributed by atoms with Crippen molar-refractivity contribution in [2.75, 3.05) is 0 Å². The van der Waals surface area contributed by atoms with Crippen LogP contribution in [0.4, 0.5) is 13.2 Å². The Labute approximate surface area is 187 Å². The van der Waals surface area contributed by atoms with E-state index in [1.165, 1.54) is 15.4 Å². The number of hydrogen-bond donors (Lipinski definition) is 1. The molecule has 2 fully saturated rings. The minimum Gasteiger partial charge on any atom is -0.282 e. The van der Waals surface area contributed by atoms with Crippen molar-refractivity contribution in [3.05, 3.63) is 76.4 Å². The van der Waals surface area contributed by atoms with Crippen LogP contribution >= 0.6 is 0 Å². The van der Waals surface area contributed by atoms with Gasteiger partial charge in [0.15, 0.2) is 0 Å². The van der Waals surface area contributed by atoms with Crippen LogP contribution in [-0.2, 0) is 34.5 Å². The number of halogens is 3. The first-order valence-corrected chi connectivity index (χ1v) is 12.4. The number of H-pyrrole nitrogens is 1. The lowest BCUT2D eigenvalue weighted by Crippen LogP contribution is -2.67. The molecule has 2 unspecified atom stereocenters. The molecule has 10 heteroatoms. The van der Waals surface area contributed by atoms with Gasteiger partial charge in [0.25, 0.3) is 0 Å². The first kappa shape index (κ1) is 19.7. The molecule has 4 aliphatic rings. The fourth-order valence-electron chi connectivity index (χ4n) is 6.40. The highest BCUT2D eigenvalue weighted by molar-refractivity contribution is 7.89. The Bertz CT molecular complexity index is 1410. The molecule has 170 valence electrons. The van der Waals surface area contributed by atoms with E-state index in [1.807, 2.05) is 18.3 Å². The molecule has 1 aliphatic heterocycles. The summed E-state index contributed by atoms with van der Waals surface area (Å²) < 4.78 is 67.9. The molecule has 1 saturated heterocycles. The van der Waals surface area contributed by atoms with Crippen LogP contribution in [0.1, 0.15) is 58.4 Å². The number of hydrogen-bond acceptors (Lipinski definition) is 4. The third-order valence-electron chi connectivity index (χ3n) is 7.89. The van der Waals surface area contributed by atoms with Gasteiger partial charge < -0.3 is 0 Å². The molecule has 3 aliphatic carbocycles. The Morgan fingerprint density at radius 2 is 1.88 bits per heavy atom. The highest BCUT2D eigenvalue weighted by Gasteiger charge is 2.72. The number of rotatable bonds is 3. The van der Waals surface area contributed by atoms with E-state index in [0.717, 1.165) is 54.4 Å². The van der Waals surface area contributed by atoms with Gasteiger partial charge in [0, 0.05) is 35.3 Å². The number of benzene rings is 1. The van der Waals surface area contributed by atoms with Gasteiger partial charge in [-0.25, -0.2) is 8.42 Å². The van der Waals surface area contributed by atoms with Crippen molar-refractivity contribution in [1.82, 2.24) is 19.5 Å². The van der Waals surface area contributed by atoms with Crippen molar-refractivity contribution in [3.63, 3.8) is 0 Å². The lowest BCUT2D eigenvalue weighted by Gasteiger charge is -2.57. The van der Waals surface area contributed by atoms with E-state index >= 15 is 0 Å². The second kappa shape index (κ2) is 6.04. The summed E-state index contributed by atoms with van der Waals surface area (Å²) in [6.07, 6.45) is 1.57. The van der Waals surface area contributed by atoms with Gasteiger partial charge in [-0.15, -0.1) is 0 Å². The topological polar surface area (TPSA) is 79.0 Å². The first-order valence-electron chi connectivity index (χ1n) is 10.9. The second-order valence-corrected chi connectivity index (χ2v) is 11.3. The van der Waals surface area contributed by atoms with Crippen LogP contribution < -0.4 is 0 Å². The van der Waals surface area contributed by atoms with Gasteiger partial charge in [0.1, 0.15) is 10.6 Å². The number of nitrogens with one attached hydrogen (secondary N) is 1. The summed E-state index contributed by atoms with van der Waals surface area (Å²) in [6, 6.07) is 7.18. The van der Waals surface area contributed by atoms with Gasteiger partial charge in [-0.05, 0) is 54.0 Å². The third-order valence-corrected chi connectivity index (χ3v) is 9.75. The number of alkyl halides is 3. The molecule has 3 aromatic rings. The van der Waals surface area contributed by atoms with Crippen molar-refractivity contribution in [3.8, 4) is 0 Å². The van der Waals surface area contributed by atoms with E-state index in [-0.39, 0.29) is 16.4 Å². The van der Waals surface area contributed by atoms with Crippen LogP contribution in [0.3, 0.4) is 0 Å². The van der Waals surface area contributed by atoms with E-state index in [0.29, 0.717) is 12.3 Å². The molecular formula is C23H19F3N4O2S. The van der Waals surface area contributed by atoms with E-state index in [9.17, 15) is 21.6 Å². The summed E-state index contributed by atoms with van der Waals surface area (Å²) in [5.74, 6) is 0.529. The summed E-state index contributed by atoms with van der Waals surface area (Å²) in [5.41, 5.74) is 4.05. The maximum atomic E-state index is 13.8. The van der Waals surface area contributed by atoms with Crippen LogP contribution in [-0.4, -0.2) is 33.9 Å². The zero-order valence-corrected chi connectivity index (χ0v) is 18.1. The molecule has 1 spiro atoms. The molecule has 0 amide bonds. The Morgan fingerprint density at radius 1 is 1.09 bits per heavy atom. The normalized spacial score (nSPS) is 28.1. The monoisotopic (exact) mass is 472 g/mol. The molecule has 1 saturated carbocycles. The van der Waals surface area contributed by atoms with E-state index in [2.05, 4.69) is 21.2 Å². The molecular weight excluding hydrogens is 453 g/mol. The summed E-state index contributed by atoms with van der Waals surface area (Å²) in [5, 5.41) is 7.25. The predicted octanol–water partition coefficient (Wildman–Crippen LogP) is 3.87. The quantitative estimate of drug-likeness (QED) is 0.628. The molecule has 1 N–H and O–H groups in total. The number of pyridine rings is 1. The molecule has 0 radical (unpaired) electrons. The van der Waals surface area contributed by atoms with Crippen molar-refractivity contribution in [2.24, 2.45) is 0 Å². The average molecular weight is 472 g/mol. The standard InChI is InChI=1S/C23H19F3N4O2S/c24-23(25,26)19-7-6-13(10-27-19)33(31,32)30-20-8-18-17(11-28-29-18)22(20)9-16-14(12-4-5-12)2-1-3-15(16)21(22)30/h1-3,6-7,10-12,20-21H,4-5,8-9H2,(H,28,29)/t20?,21?,22-/m1/s1. The van der Waals surface area contributed by atoms with E-state index in [1.54, 1.807) is 0 Å². The predicted molar refractivity (Wildman–Crippen MR) is 111 cm³/mol. The summed E-state index contributed by atoms with van der Waals surface area (Å²) in [7, 11) is -4.06. The van der Waals surface area contributed by atoms with Gasteiger partial charge in [-0.1, -0.05) is 18.2 Å². The molecule has 6 nitrogen and oxygen atoms in total. The van der Waals surface area contributed by atoms with Crippen molar-refractivity contribution in [1.29, 1.82) is 0 Å². The van der Waals surface area contributed by atoms with Crippen LogP contribution in [0.5, 0.6) is 0 Å². The van der Waals surface area contributed by atoms with Crippen LogP contribution in [0.15, 0.2) is 47.6 Å². The Morgan fingerprint density at radius 3 is 2.58 bits per heavy atom. The molecule has 33 heavy (non-hydrogen) atoms. The number of sulfonamides is 1. The lowest BCUT2D eigenvalue weighted by molar-refractivity contribution is -0.141. The fraction of sp³-hybridized carbons (Fsp3) is 0.391. The van der Waals surface area contributed by atoms with Gasteiger partial charge in [0.05, 0.1) is 12.2 Å². The Hall–Kier alpha value is -2.72. The highest BCUT2D eigenvalue weighted by atomic mass is 32.2. The van der Waals surface area contributed by atoms with Crippen molar-refractivity contribution in [2.45, 2.75) is 60.2 Å². The lowest BCUT2D eigenvalue weighted by atomic mass is 9.67. The number of fused-ring (bicyclic) bond motifs is 3. The molecule has 0 bridgehead atoms. The molecule has 3 heterocycles. The fourth-order valence-corrected chi connectivity index (χ4v) is 8.25. The van der Waals surface area contributed by atoms with Crippen LogP contribution in [0.2, 0.25) is 0 Å². The average Bonchev–Trinajstić information content (AvgIpc) is 3.37. The minimum absolute atomic E-state index is 0.218. The van der Waals surface area contributed by atoms with Gasteiger partial charge in [-0.2, -0.15) is 22.6 Å². The maximum absolute atomic E-state index is 13.8. The Balaban J connectivity index is 1.36. The summed E-state index contributed by atoms with van der Waals surface area (Å²) in [4.78, 5) is 3.18. The maximum Gasteiger partial charge on any atom is 0.433 e. The first-order chi connectivity index (χ1) is 15.7. The zero-order valence-electron chi connectivity index (χ0n) is 17.3. The molecule has 3 atom stereocenters. The Kier molecular flexibility index (Phi) is 3.61. The van der Waals surface area contributed by atoms with Crippen molar-refractivity contribution < 1.29 is 21.6 Å². The third kappa shape index (κ3) is 2.40. The SMILES string of the molecule is O=S(=O)(c1ccc(C(F)(F)F)nc1)N1C2Cc3[nH]ncc3[C@]23Cc2c(C4CC4)cccc2C13. The minimum atomic E-state index is -4.63. The summed E-state index contributed by atoms with van der Waals surface area (Å²) >= 11 is 0. The smallest absolute Gasteiger partial charge is 0.282 e. The van der Waals surface area contributed by atoms with E-state index < -0.39 is 27.9 Å². The number of aromatic amines is 1. The summed E-state index contributed by atoms with van der Waals surface area (Å²) in [6.45, 7) is 0. The van der Waals surface area contributed by atoms with Crippen molar-refractivity contribution >= 4 is 10.0 Å². The van der Waals surface area contributed by atoms with Crippen LogP contribution in [0.25, 0.3) is 0 Å². The van der Waals surface area contributed by atoms with Gasteiger partial charge in [-0.3, -0.25) is 10.1 Å². The number of nitrogens with zero attached hydrogens (tertiary/aromatic N) is 3. The highest BCUT2D eigenvalue weighted by Crippen LogP contribution is 2.68. The van der Waals surface area contributed by atoms with E-state index in [4.69, 9.17) is 0 Å². The van der Waals surface area contributed by atoms with Crippen LogP contribution in [0, 0.1) is 0 Å². The van der Waals surface area contributed by atoms with Gasteiger partial charge in [0.2, 0.25) is 10.0 Å². The zero-order chi connectivity index (χ0) is 22.8.